The SMILES string of the molecule is COc1ccc(-c2cc(C(=O)N(C)CCC3CCCCO3)[nH]c(=O)n2)cc1. The number of H-pyrrole nitrogens is 1. The van der Waals surface area contributed by atoms with E-state index in [9.17, 15) is 9.59 Å². The van der Waals surface area contributed by atoms with E-state index in [0.717, 1.165) is 31.4 Å². The van der Waals surface area contributed by atoms with Gasteiger partial charge in [-0.3, -0.25) is 4.79 Å². The number of nitrogens with zero attached hydrogens (tertiary/aromatic N) is 2. The van der Waals surface area contributed by atoms with Crippen LogP contribution in [0, 0.1) is 0 Å². The third-order valence-corrected chi connectivity index (χ3v) is 4.77. The first-order valence-corrected chi connectivity index (χ1v) is 9.19. The molecule has 1 unspecified atom stereocenters. The Morgan fingerprint density at radius 1 is 1.33 bits per heavy atom. The van der Waals surface area contributed by atoms with Gasteiger partial charge in [-0.15, -0.1) is 0 Å². The van der Waals surface area contributed by atoms with Crippen LogP contribution in [0.5, 0.6) is 5.75 Å². The molecule has 144 valence electrons. The van der Waals surface area contributed by atoms with Crippen LogP contribution >= 0.6 is 0 Å². The van der Waals surface area contributed by atoms with Crippen LogP contribution in [0.1, 0.15) is 36.2 Å². The molecule has 27 heavy (non-hydrogen) atoms. The van der Waals surface area contributed by atoms with E-state index in [4.69, 9.17) is 9.47 Å². The fourth-order valence-corrected chi connectivity index (χ4v) is 3.16. The van der Waals surface area contributed by atoms with Gasteiger partial charge in [0.25, 0.3) is 5.91 Å². The molecule has 2 aromatic rings. The largest absolute Gasteiger partial charge is 0.497 e. The lowest BCUT2D eigenvalue weighted by Gasteiger charge is -2.25. The summed E-state index contributed by atoms with van der Waals surface area (Å²) in [4.78, 5) is 32.8. The maximum absolute atomic E-state index is 12.7. The standard InChI is InChI=1S/C20H25N3O4/c1-23(11-10-16-5-3-4-12-27-16)19(24)18-13-17(21-20(25)22-18)14-6-8-15(26-2)9-7-14/h6-9,13,16H,3-5,10-12H2,1-2H3,(H,21,22,25). The zero-order valence-electron chi connectivity index (χ0n) is 15.7. The quantitative estimate of drug-likeness (QED) is 0.843. The Morgan fingerprint density at radius 3 is 2.78 bits per heavy atom. The van der Waals surface area contributed by atoms with E-state index in [0.29, 0.717) is 18.0 Å². The highest BCUT2D eigenvalue weighted by Crippen LogP contribution is 2.21. The van der Waals surface area contributed by atoms with Crippen molar-refractivity contribution in [1.29, 1.82) is 0 Å². The van der Waals surface area contributed by atoms with E-state index in [1.165, 1.54) is 6.42 Å². The summed E-state index contributed by atoms with van der Waals surface area (Å²) in [5.74, 6) is 0.477. The minimum absolute atomic E-state index is 0.209. The van der Waals surface area contributed by atoms with Crippen molar-refractivity contribution in [2.75, 3.05) is 27.3 Å². The van der Waals surface area contributed by atoms with Gasteiger partial charge < -0.3 is 19.4 Å². The first kappa shape index (κ1) is 19.1. The van der Waals surface area contributed by atoms with Gasteiger partial charge in [0.05, 0.1) is 18.9 Å². The molecule has 1 N–H and O–H groups in total. The van der Waals surface area contributed by atoms with Crippen molar-refractivity contribution in [1.82, 2.24) is 14.9 Å². The lowest BCUT2D eigenvalue weighted by molar-refractivity contribution is 0.00705. The smallest absolute Gasteiger partial charge is 0.346 e. The Balaban J connectivity index is 1.71. The third-order valence-electron chi connectivity index (χ3n) is 4.77. The number of rotatable bonds is 6. The van der Waals surface area contributed by atoms with Crippen LogP contribution in [0.25, 0.3) is 11.3 Å². The van der Waals surface area contributed by atoms with Gasteiger partial charge in [-0.2, -0.15) is 4.98 Å². The van der Waals surface area contributed by atoms with E-state index in [2.05, 4.69) is 9.97 Å². The first-order valence-electron chi connectivity index (χ1n) is 9.19. The van der Waals surface area contributed by atoms with E-state index >= 15 is 0 Å². The van der Waals surface area contributed by atoms with E-state index in [1.807, 2.05) is 0 Å². The average molecular weight is 371 g/mol. The molecule has 1 aliphatic rings. The maximum Gasteiger partial charge on any atom is 0.346 e. The number of amides is 1. The van der Waals surface area contributed by atoms with Gasteiger partial charge in [0.15, 0.2) is 0 Å². The summed E-state index contributed by atoms with van der Waals surface area (Å²) in [7, 11) is 3.32. The second kappa shape index (κ2) is 8.81. The van der Waals surface area contributed by atoms with Crippen molar-refractivity contribution in [3.05, 3.63) is 46.5 Å². The molecule has 0 bridgehead atoms. The monoisotopic (exact) mass is 371 g/mol. The van der Waals surface area contributed by atoms with E-state index in [-0.39, 0.29) is 17.7 Å². The molecule has 0 spiro atoms. The van der Waals surface area contributed by atoms with E-state index in [1.54, 1.807) is 49.4 Å². The normalized spacial score (nSPS) is 16.7. The first-order chi connectivity index (χ1) is 13.1. The van der Waals surface area contributed by atoms with Crippen molar-refractivity contribution < 1.29 is 14.3 Å². The lowest BCUT2D eigenvalue weighted by Crippen LogP contribution is -2.33. The minimum Gasteiger partial charge on any atom is -0.497 e. The molecule has 1 fully saturated rings. The van der Waals surface area contributed by atoms with Crippen molar-refractivity contribution in [3.8, 4) is 17.0 Å². The molecule has 3 rings (SSSR count). The van der Waals surface area contributed by atoms with Crippen LogP contribution < -0.4 is 10.4 Å². The molecule has 1 atom stereocenters. The molecule has 0 saturated carbocycles. The Hall–Kier alpha value is -2.67. The Morgan fingerprint density at radius 2 is 2.11 bits per heavy atom. The van der Waals surface area contributed by atoms with Crippen LogP contribution in [0.3, 0.4) is 0 Å². The highest BCUT2D eigenvalue weighted by Gasteiger charge is 2.18. The van der Waals surface area contributed by atoms with Crippen LogP contribution in [-0.4, -0.2) is 54.2 Å². The van der Waals surface area contributed by atoms with Gasteiger partial charge in [-0.05, 0) is 56.0 Å². The number of carbonyl (C=O) groups is 1. The van der Waals surface area contributed by atoms with Gasteiger partial charge in [0.1, 0.15) is 11.4 Å². The van der Waals surface area contributed by atoms with Gasteiger partial charge in [0.2, 0.25) is 0 Å². The number of hydrogen-bond donors (Lipinski definition) is 1. The molecular formula is C20H25N3O4. The number of carbonyl (C=O) groups excluding carboxylic acids is 1. The average Bonchev–Trinajstić information content (AvgIpc) is 2.71. The molecule has 7 heteroatoms. The Kier molecular flexibility index (Phi) is 6.24. The van der Waals surface area contributed by atoms with Crippen LogP contribution in [0.2, 0.25) is 0 Å². The number of methoxy groups -OCH3 is 1. The number of nitrogens with one attached hydrogen (secondary N) is 1. The number of benzene rings is 1. The van der Waals surface area contributed by atoms with Gasteiger partial charge in [-0.25, -0.2) is 4.79 Å². The summed E-state index contributed by atoms with van der Waals surface area (Å²) in [6.45, 7) is 1.37. The number of ether oxygens (including phenoxy) is 2. The molecule has 0 aliphatic carbocycles. The van der Waals surface area contributed by atoms with Gasteiger partial charge in [-0.1, -0.05) is 0 Å². The Labute approximate surface area is 158 Å². The minimum atomic E-state index is -0.546. The molecule has 1 aliphatic heterocycles. The van der Waals surface area contributed by atoms with Crippen LogP contribution in [0.15, 0.2) is 35.1 Å². The molecule has 0 radical (unpaired) electrons. The summed E-state index contributed by atoms with van der Waals surface area (Å²) < 4.78 is 10.9. The third kappa shape index (κ3) is 4.95. The molecule has 1 aromatic heterocycles. The fourth-order valence-electron chi connectivity index (χ4n) is 3.16. The second-order valence-electron chi connectivity index (χ2n) is 6.72. The summed E-state index contributed by atoms with van der Waals surface area (Å²) in [6.07, 6.45) is 4.32. The van der Waals surface area contributed by atoms with Crippen molar-refractivity contribution in [2.24, 2.45) is 0 Å². The predicted octanol–water partition coefficient (Wildman–Crippen LogP) is 2.48. The summed E-state index contributed by atoms with van der Waals surface area (Å²) in [5.41, 5.74) is 0.881. The molecule has 2 heterocycles. The summed E-state index contributed by atoms with van der Waals surface area (Å²) in [6, 6.07) is 8.79. The molecule has 1 saturated heterocycles. The van der Waals surface area contributed by atoms with Gasteiger partial charge >= 0.3 is 5.69 Å². The number of hydrogen-bond acceptors (Lipinski definition) is 5. The summed E-state index contributed by atoms with van der Waals surface area (Å²) >= 11 is 0. The van der Waals surface area contributed by atoms with Gasteiger partial charge in [0, 0.05) is 25.8 Å². The molecule has 1 aromatic carbocycles. The van der Waals surface area contributed by atoms with Crippen molar-refractivity contribution in [2.45, 2.75) is 31.8 Å². The van der Waals surface area contributed by atoms with Crippen molar-refractivity contribution in [3.63, 3.8) is 0 Å². The van der Waals surface area contributed by atoms with Crippen LogP contribution in [0.4, 0.5) is 0 Å². The zero-order chi connectivity index (χ0) is 19.2. The highest BCUT2D eigenvalue weighted by molar-refractivity contribution is 5.93. The highest BCUT2D eigenvalue weighted by atomic mass is 16.5. The zero-order valence-corrected chi connectivity index (χ0v) is 15.7. The van der Waals surface area contributed by atoms with Crippen LogP contribution in [-0.2, 0) is 4.74 Å². The van der Waals surface area contributed by atoms with E-state index < -0.39 is 5.69 Å². The topological polar surface area (TPSA) is 84.5 Å². The maximum atomic E-state index is 12.7. The number of aromatic nitrogens is 2. The Bertz CT molecular complexity index is 826. The fraction of sp³-hybridized carbons (Fsp3) is 0.450. The lowest BCUT2D eigenvalue weighted by atomic mass is 10.1. The summed E-state index contributed by atoms with van der Waals surface area (Å²) in [5, 5.41) is 0. The van der Waals surface area contributed by atoms with Crippen molar-refractivity contribution >= 4 is 5.91 Å². The molecule has 1 amide bonds. The number of aromatic amines is 1. The second-order valence-corrected chi connectivity index (χ2v) is 6.72. The predicted molar refractivity (Wildman–Crippen MR) is 102 cm³/mol. The molecular weight excluding hydrogens is 346 g/mol. The molecule has 7 nitrogen and oxygen atoms in total.